The third-order valence-electron chi connectivity index (χ3n) is 3.84. The van der Waals surface area contributed by atoms with E-state index < -0.39 is 0 Å². The maximum absolute atomic E-state index is 2.54. The Morgan fingerprint density at radius 3 is 2.16 bits per heavy atom. The van der Waals surface area contributed by atoms with Crippen LogP contribution in [0.3, 0.4) is 0 Å². The second kappa shape index (κ2) is 8.24. The van der Waals surface area contributed by atoms with Gasteiger partial charge in [-0.15, -0.1) is 0 Å². The van der Waals surface area contributed by atoms with Crippen LogP contribution in [0.1, 0.15) is 53.9 Å². The zero-order valence-electron chi connectivity index (χ0n) is 13.4. The van der Waals surface area contributed by atoms with Gasteiger partial charge in [-0.2, -0.15) is 0 Å². The summed E-state index contributed by atoms with van der Waals surface area (Å²) >= 11 is 0. The molecule has 0 aromatic carbocycles. The van der Waals surface area contributed by atoms with Crippen LogP contribution in [0, 0.1) is 11.8 Å². The third kappa shape index (κ3) is 5.67. The van der Waals surface area contributed by atoms with Crippen molar-refractivity contribution >= 4 is 0 Å². The highest BCUT2D eigenvalue weighted by molar-refractivity contribution is 5.23. The van der Waals surface area contributed by atoms with Gasteiger partial charge in [0.05, 0.1) is 0 Å². The molecule has 1 atom stereocenters. The van der Waals surface area contributed by atoms with E-state index in [4.69, 9.17) is 0 Å². The molecule has 0 aliphatic carbocycles. The Hall–Kier alpha value is -0.980. The van der Waals surface area contributed by atoms with Gasteiger partial charge in [0.2, 0.25) is 0 Å². The number of allylic oxidation sites excluding steroid dienone is 6. The summed E-state index contributed by atoms with van der Waals surface area (Å²) in [6.45, 7) is 13.7. The summed E-state index contributed by atoms with van der Waals surface area (Å²) in [4.78, 5) is 2.54. The Labute approximate surface area is 120 Å². The number of piperidine rings is 1. The maximum Gasteiger partial charge on any atom is 0.0174 e. The Morgan fingerprint density at radius 2 is 1.63 bits per heavy atom. The lowest BCUT2D eigenvalue weighted by atomic mass is 9.97. The molecule has 1 rings (SSSR count). The van der Waals surface area contributed by atoms with Crippen molar-refractivity contribution in [2.24, 2.45) is 11.8 Å². The average molecular weight is 261 g/mol. The third-order valence-corrected chi connectivity index (χ3v) is 3.84. The number of hydrogen-bond acceptors (Lipinski definition) is 1. The first-order chi connectivity index (χ1) is 9.04. The first-order valence-corrected chi connectivity index (χ1v) is 7.82. The maximum atomic E-state index is 2.54. The highest BCUT2D eigenvalue weighted by atomic mass is 15.1. The summed E-state index contributed by atoms with van der Waals surface area (Å²) in [6, 6.07) is 0. The fourth-order valence-electron chi connectivity index (χ4n) is 2.72. The van der Waals surface area contributed by atoms with E-state index in [9.17, 15) is 0 Å². The minimum atomic E-state index is 0.510. The van der Waals surface area contributed by atoms with Gasteiger partial charge in [0.1, 0.15) is 0 Å². The van der Waals surface area contributed by atoms with E-state index in [0.717, 1.165) is 0 Å². The monoisotopic (exact) mass is 261 g/mol. The molecule has 0 radical (unpaired) electrons. The van der Waals surface area contributed by atoms with Crippen molar-refractivity contribution in [1.82, 2.24) is 4.90 Å². The van der Waals surface area contributed by atoms with Gasteiger partial charge in [0, 0.05) is 18.8 Å². The molecule has 0 saturated carbocycles. The fraction of sp³-hybridized carbons (Fsp3) is 0.667. The molecule has 0 unspecified atom stereocenters. The van der Waals surface area contributed by atoms with Gasteiger partial charge in [-0.1, -0.05) is 45.1 Å². The lowest BCUT2D eigenvalue weighted by Gasteiger charge is -2.30. The van der Waals surface area contributed by atoms with Crippen LogP contribution in [-0.2, 0) is 0 Å². The topological polar surface area (TPSA) is 3.24 Å². The quantitative estimate of drug-likeness (QED) is 0.617. The molecular weight excluding hydrogens is 230 g/mol. The average Bonchev–Trinajstić information content (AvgIpc) is 2.39. The van der Waals surface area contributed by atoms with Crippen molar-refractivity contribution in [3.05, 3.63) is 35.6 Å². The van der Waals surface area contributed by atoms with Gasteiger partial charge in [-0.05, 0) is 50.5 Å². The minimum Gasteiger partial charge on any atom is -0.375 e. The molecule has 1 aliphatic heterocycles. The van der Waals surface area contributed by atoms with Crippen LogP contribution in [-0.4, -0.2) is 18.0 Å². The van der Waals surface area contributed by atoms with Crippen molar-refractivity contribution in [2.75, 3.05) is 13.1 Å². The molecule has 19 heavy (non-hydrogen) atoms. The van der Waals surface area contributed by atoms with Crippen molar-refractivity contribution in [1.29, 1.82) is 0 Å². The smallest absolute Gasteiger partial charge is 0.0174 e. The molecule has 0 spiro atoms. The predicted octanol–water partition coefficient (Wildman–Crippen LogP) is 5.17. The standard InChI is InChI=1S/C18H31N/c1-6-10-18(15(2)3)14-16(4)13-17(5)19-11-8-7-9-12-19/h6,10,13-16H,7-9,11-12H2,1-5H3/b10-6+,17-13+,18-14+/t16-/m1/s1. The predicted molar refractivity (Wildman–Crippen MR) is 86.1 cm³/mol. The summed E-state index contributed by atoms with van der Waals surface area (Å²) in [5, 5.41) is 0. The summed E-state index contributed by atoms with van der Waals surface area (Å²) in [7, 11) is 0. The Bertz CT molecular complexity index is 341. The first-order valence-electron chi connectivity index (χ1n) is 7.82. The van der Waals surface area contributed by atoms with Gasteiger partial charge >= 0.3 is 0 Å². The van der Waals surface area contributed by atoms with E-state index in [2.05, 4.69) is 63.8 Å². The van der Waals surface area contributed by atoms with E-state index in [1.54, 1.807) is 0 Å². The van der Waals surface area contributed by atoms with E-state index in [1.807, 2.05) is 0 Å². The zero-order chi connectivity index (χ0) is 14.3. The molecular formula is C18H31N. The molecule has 1 saturated heterocycles. The van der Waals surface area contributed by atoms with Crippen LogP contribution in [0.2, 0.25) is 0 Å². The van der Waals surface area contributed by atoms with Crippen LogP contribution in [0.4, 0.5) is 0 Å². The molecule has 108 valence electrons. The fourth-order valence-corrected chi connectivity index (χ4v) is 2.72. The van der Waals surface area contributed by atoms with Crippen molar-refractivity contribution in [3.63, 3.8) is 0 Å². The highest BCUT2D eigenvalue weighted by Crippen LogP contribution is 2.19. The van der Waals surface area contributed by atoms with Crippen LogP contribution in [0.15, 0.2) is 35.6 Å². The molecule has 1 fully saturated rings. The largest absolute Gasteiger partial charge is 0.375 e. The summed E-state index contributed by atoms with van der Waals surface area (Å²) in [5.41, 5.74) is 2.89. The highest BCUT2D eigenvalue weighted by Gasteiger charge is 2.10. The molecule has 1 aliphatic rings. The molecule has 0 amide bonds. The van der Waals surface area contributed by atoms with E-state index >= 15 is 0 Å². The number of hydrogen-bond donors (Lipinski definition) is 0. The van der Waals surface area contributed by atoms with Crippen molar-refractivity contribution < 1.29 is 0 Å². The van der Waals surface area contributed by atoms with Crippen LogP contribution in [0.25, 0.3) is 0 Å². The molecule has 1 nitrogen and oxygen atoms in total. The minimum absolute atomic E-state index is 0.510. The van der Waals surface area contributed by atoms with Crippen LogP contribution < -0.4 is 0 Å². The number of nitrogens with zero attached hydrogens (tertiary/aromatic N) is 1. The van der Waals surface area contributed by atoms with E-state index in [-0.39, 0.29) is 0 Å². The van der Waals surface area contributed by atoms with Crippen LogP contribution in [0.5, 0.6) is 0 Å². The van der Waals surface area contributed by atoms with Gasteiger partial charge in [0.25, 0.3) is 0 Å². The van der Waals surface area contributed by atoms with Crippen molar-refractivity contribution in [3.8, 4) is 0 Å². The Balaban J connectivity index is 2.70. The van der Waals surface area contributed by atoms with Gasteiger partial charge in [-0.25, -0.2) is 0 Å². The summed E-state index contributed by atoms with van der Waals surface area (Å²) < 4.78 is 0. The lowest BCUT2D eigenvalue weighted by molar-refractivity contribution is 0.284. The second-order valence-corrected chi connectivity index (χ2v) is 6.04. The number of likely N-dealkylation sites (tertiary alicyclic amines) is 1. The van der Waals surface area contributed by atoms with Gasteiger partial charge in [0.15, 0.2) is 0 Å². The van der Waals surface area contributed by atoms with E-state index in [0.29, 0.717) is 11.8 Å². The Morgan fingerprint density at radius 1 is 1.00 bits per heavy atom. The molecule has 0 aromatic rings. The molecule has 0 N–H and O–H groups in total. The summed E-state index contributed by atoms with van der Waals surface area (Å²) in [6.07, 6.45) is 13.3. The van der Waals surface area contributed by atoms with Crippen LogP contribution >= 0.6 is 0 Å². The SMILES string of the molecule is C/C=C/C(=C\[C@H](C)/C=C(\C)N1CCCCC1)C(C)C. The Kier molecular flexibility index (Phi) is 6.97. The molecule has 1 heteroatoms. The van der Waals surface area contributed by atoms with E-state index in [1.165, 1.54) is 43.6 Å². The van der Waals surface area contributed by atoms with Gasteiger partial charge < -0.3 is 4.90 Å². The molecule has 1 heterocycles. The molecule has 0 bridgehead atoms. The zero-order valence-corrected chi connectivity index (χ0v) is 13.4. The lowest BCUT2D eigenvalue weighted by Crippen LogP contribution is -2.28. The van der Waals surface area contributed by atoms with Crippen molar-refractivity contribution in [2.45, 2.75) is 53.9 Å². The molecule has 0 aromatic heterocycles. The number of rotatable bonds is 5. The van der Waals surface area contributed by atoms with Gasteiger partial charge in [-0.3, -0.25) is 0 Å². The second-order valence-electron chi connectivity index (χ2n) is 6.04. The first kappa shape index (κ1) is 16.1. The normalized spacial score (nSPS) is 20.4. The summed E-state index contributed by atoms with van der Waals surface area (Å²) in [5.74, 6) is 1.11.